The summed E-state index contributed by atoms with van der Waals surface area (Å²) in [5, 5.41) is 17.3. The minimum atomic E-state index is -0.182. The minimum absolute atomic E-state index is 0.182. The molecule has 7 nitrogen and oxygen atoms in total. The van der Waals surface area contributed by atoms with E-state index >= 15 is 0 Å². The lowest BCUT2D eigenvalue weighted by Gasteiger charge is -2.05. The highest BCUT2D eigenvalue weighted by Crippen LogP contribution is 2.16. The van der Waals surface area contributed by atoms with Crippen LogP contribution in [0.4, 0.5) is 17.3 Å². The van der Waals surface area contributed by atoms with E-state index in [1.54, 1.807) is 16.8 Å². The summed E-state index contributed by atoms with van der Waals surface area (Å²) in [5.74, 6) is 1.13. The van der Waals surface area contributed by atoms with Gasteiger partial charge in [0.15, 0.2) is 11.6 Å². The number of rotatable bonds is 7. The Balaban J connectivity index is 1.59. The molecule has 3 N–H and O–H groups in total. The van der Waals surface area contributed by atoms with Gasteiger partial charge in [-0.3, -0.25) is 14.6 Å². The number of anilines is 3. The van der Waals surface area contributed by atoms with Crippen LogP contribution in [0.1, 0.15) is 35.8 Å². The van der Waals surface area contributed by atoms with Crippen LogP contribution in [0.15, 0.2) is 42.6 Å². The number of nitrogens with one attached hydrogen (secondary N) is 3. The largest absolute Gasteiger partial charge is 0.339 e. The molecule has 0 aliphatic carbocycles. The van der Waals surface area contributed by atoms with Crippen molar-refractivity contribution in [2.24, 2.45) is 7.05 Å². The summed E-state index contributed by atoms with van der Waals surface area (Å²) >= 11 is 0. The van der Waals surface area contributed by atoms with Crippen molar-refractivity contribution in [1.82, 2.24) is 20.0 Å². The predicted octanol–water partition coefficient (Wildman–Crippen LogP) is 3.48. The van der Waals surface area contributed by atoms with Crippen molar-refractivity contribution in [3.63, 3.8) is 0 Å². The third-order valence-electron chi connectivity index (χ3n) is 3.81. The first kappa shape index (κ1) is 16.8. The SMILES string of the molecule is CCCCc1cc(NC(=O)c2ccc(Nc3ccn(C)n3)cc2)n[nH]1. The third kappa shape index (κ3) is 4.47. The number of aryl methyl sites for hydroxylation is 2. The van der Waals surface area contributed by atoms with Gasteiger partial charge in [0.05, 0.1) is 0 Å². The molecule has 0 aliphatic rings. The Hall–Kier alpha value is -3.09. The molecule has 7 heteroatoms. The Morgan fingerprint density at radius 3 is 2.68 bits per heavy atom. The topological polar surface area (TPSA) is 87.6 Å². The number of carbonyl (C=O) groups excluding carboxylic acids is 1. The number of hydrogen-bond acceptors (Lipinski definition) is 4. The van der Waals surface area contributed by atoms with Gasteiger partial charge < -0.3 is 10.6 Å². The van der Waals surface area contributed by atoms with E-state index in [1.165, 1.54) is 0 Å². The van der Waals surface area contributed by atoms with Gasteiger partial charge in [-0.1, -0.05) is 13.3 Å². The van der Waals surface area contributed by atoms with Crippen molar-refractivity contribution in [2.75, 3.05) is 10.6 Å². The van der Waals surface area contributed by atoms with Crippen LogP contribution in [0.5, 0.6) is 0 Å². The lowest BCUT2D eigenvalue weighted by molar-refractivity contribution is 0.102. The quantitative estimate of drug-likeness (QED) is 0.615. The molecule has 0 unspecified atom stereocenters. The van der Waals surface area contributed by atoms with Gasteiger partial charge in [-0.05, 0) is 37.1 Å². The van der Waals surface area contributed by atoms with Crippen molar-refractivity contribution in [2.45, 2.75) is 26.2 Å². The molecule has 0 bridgehead atoms. The highest BCUT2D eigenvalue weighted by molar-refractivity contribution is 6.03. The molecule has 3 aromatic rings. The molecule has 0 saturated carbocycles. The predicted molar refractivity (Wildman–Crippen MR) is 98.1 cm³/mol. The zero-order valence-corrected chi connectivity index (χ0v) is 14.4. The molecule has 130 valence electrons. The molecule has 0 spiro atoms. The van der Waals surface area contributed by atoms with E-state index in [0.29, 0.717) is 11.4 Å². The molecule has 0 aliphatic heterocycles. The Bertz CT molecular complexity index is 833. The van der Waals surface area contributed by atoms with Gasteiger partial charge >= 0.3 is 0 Å². The fourth-order valence-corrected chi connectivity index (χ4v) is 2.44. The molecule has 0 atom stereocenters. The number of benzene rings is 1. The second-order valence-corrected chi connectivity index (χ2v) is 5.91. The summed E-state index contributed by atoms with van der Waals surface area (Å²) in [4.78, 5) is 12.3. The van der Waals surface area contributed by atoms with Crippen LogP contribution >= 0.6 is 0 Å². The van der Waals surface area contributed by atoms with E-state index in [2.05, 4.69) is 32.9 Å². The van der Waals surface area contributed by atoms with Gasteiger partial charge in [-0.25, -0.2) is 0 Å². The fraction of sp³-hybridized carbons (Fsp3) is 0.278. The van der Waals surface area contributed by atoms with E-state index in [-0.39, 0.29) is 5.91 Å². The molecule has 3 rings (SSSR count). The van der Waals surface area contributed by atoms with E-state index in [0.717, 1.165) is 36.5 Å². The number of aromatic amines is 1. The number of amides is 1. The van der Waals surface area contributed by atoms with Crippen LogP contribution in [0.3, 0.4) is 0 Å². The molecule has 25 heavy (non-hydrogen) atoms. The normalized spacial score (nSPS) is 10.6. The zero-order chi connectivity index (χ0) is 17.6. The van der Waals surface area contributed by atoms with Gasteiger partial charge in [0.25, 0.3) is 5.91 Å². The molecule has 1 amide bonds. The number of H-pyrrole nitrogens is 1. The van der Waals surface area contributed by atoms with Crippen LogP contribution in [0, 0.1) is 0 Å². The summed E-state index contributed by atoms with van der Waals surface area (Å²) in [7, 11) is 1.86. The maximum absolute atomic E-state index is 12.3. The molecule has 2 heterocycles. The van der Waals surface area contributed by atoms with E-state index in [9.17, 15) is 4.79 Å². The van der Waals surface area contributed by atoms with Gasteiger partial charge in [0, 0.05) is 42.3 Å². The highest BCUT2D eigenvalue weighted by Gasteiger charge is 2.09. The fourth-order valence-electron chi connectivity index (χ4n) is 2.44. The summed E-state index contributed by atoms with van der Waals surface area (Å²) in [6.07, 6.45) is 5.02. The minimum Gasteiger partial charge on any atom is -0.339 e. The zero-order valence-electron chi connectivity index (χ0n) is 14.4. The average molecular weight is 338 g/mol. The van der Waals surface area contributed by atoms with Crippen LogP contribution in [0.25, 0.3) is 0 Å². The molecule has 2 aromatic heterocycles. The van der Waals surface area contributed by atoms with E-state index in [4.69, 9.17) is 0 Å². The summed E-state index contributed by atoms with van der Waals surface area (Å²) < 4.78 is 1.72. The molecule has 0 fully saturated rings. The summed E-state index contributed by atoms with van der Waals surface area (Å²) in [6.45, 7) is 2.14. The Morgan fingerprint density at radius 2 is 2.00 bits per heavy atom. The third-order valence-corrected chi connectivity index (χ3v) is 3.81. The lowest BCUT2D eigenvalue weighted by atomic mass is 10.2. The molecular formula is C18H22N6O. The highest BCUT2D eigenvalue weighted by atomic mass is 16.1. The van der Waals surface area contributed by atoms with Crippen molar-refractivity contribution in [3.05, 3.63) is 53.9 Å². The first-order valence-electron chi connectivity index (χ1n) is 8.36. The maximum atomic E-state index is 12.3. The van der Waals surface area contributed by atoms with Crippen molar-refractivity contribution in [3.8, 4) is 0 Å². The van der Waals surface area contributed by atoms with Crippen LogP contribution < -0.4 is 10.6 Å². The van der Waals surface area contributed by atoms with Crippen LogP contribution in [-0.4, -0.2) is 25.9 Å². The van der Waals surface area contributed by atoms with Gasteiger partial charge in [0.1, 0.15) is 0 Å². The van der Waals surface area contributed by atoms with Crippen LogP contribution in [0.2, 0.25) is 0 Å². The number of nitrogens with zero attached hydrogens (tertiary/aromatic N) is 3. The standard InChI is InChI=1S/C18H22N6O/c1-3-4-5-15-12-17(22-21-15)20-18(25)13-6-8-14(9-7-13)19-16-10-11-24(2)23-16/h6-12H,3-5H2,1-2H3,(H,19,23)(H2,20,21,22,25). The van der Waals surface area contributed by atoms with Crippen molar-refractivity contribution >= 4 is 23.2 Å². The number of aromatic nitrogens is 4. The molecule has 1 aromatic carbocycles. The second-order valence-electron chi connectivity index (χ2n) is 5.91. The van der Waals surface area contributed by atoms with E-state index < -0.39 is 0 Å². The van der Waals surface area contributed by atoms with Crippen LogP contribution in [-0.2, 0) is 13.5 Å². The van der Waals surface area contributed by atoms with Gasteiger partial charge in [-0.2, -0.15) is 10.2 Å². The number of hydrogen-bond donors (Lipinski definition) is 3. The Morgan fingerprint density at radius 1 is 1.20 bits per heavy atom. The Labute approximate surface area is 146 Å². The summed E-state index contributed by atoms with van der Waals surface area (Å²) in [5.41, 5.74) is 2.48. The lowest BCUT2D eigenvalue weighted by Crippen LogP contribution is -2.12. The van der Waals surface area contributed by atoms with E-state index in [1.807, 2.05) is 37.5 Å². The first-order valence-corrected chi connectivity index (χ1v) is 8.36. The average Bonchev–Trinajstić information content (AvgIpc) is 3.22. The Kier molecular flexibility index (Phi) is 5.13. The van der Waals surface area contributed by atoms with Gasteiger partial charge in [0.2, 0.25) is 0 Å². The monoisotopic (exact) mass is 338 g/mol. The summed E-state index contributed by atoms with van der Waals surface area (Å²) in [6, 6.07) is 11.0. The van der Waals surface area contributed by atoms with Gasteiger partial charge in [-0.15, -0.1) is 0 Å². The molecule has 0 radical (unpaired) electrons. The smallest absolute Gasteiger partial charge is 0.256 e. The van der Waals surface area contributed by atoms with Crippen molar-refractivity contribution < 1.29 is 4.79 Å². The first-order chi connectivity index (χ1) is 12.1. The maximum Gasteiger partial charge on any atom is 0.256 e. The number of unbranched alkanes of at least 4 members (excludes halogenated alkanes) is 1. The number of carbonyl (C=O) groups is 1. The second kappa shape index (κ2) is 7.65. The molecule has 0 saturated heterocycles. The van der Waals surface area contributed by atoms with Crippen molar-refractivity contribution in [1.29, 1.82) is 0 Å². The molecular weight excluding hydrogens is 316 g/mol.